The smallest absolute Gasteiger partial charge is 0.408 e. The number of hydrogen-bond donors (Lipinski definition) is 2. The predicted molar refractivity (Wildman–Crippen MR) is 85.9 cm³/mol. The molecule has 0 unspecified atom stereocenters. The van der Waals surface area contributed by atoms with E-state index < -0.39 is 5.76 Å². The largest absolute Gasteiger partial charge is 0.417 e. The lowest BCUT2D eigenvalue weighted by molar-refractivity contribution is 0.555. The molecule has 2 aromatic heterocycles. The topological polar surface area (TPSA) is 70.9 Å². The minimum absolute atomic E-state index is 0.283. The van der Waals surface area contributed by atoms with E-state index in [1.807, 2.05) is 6.07 Å². The number of fused-ring (bicyclic) bond motifs is 2. The average molecular weight is 309 g/mol. The van der Waals surface area contributed by atoms with Gasteiger partial charge in [0.15, 0.2) is 5.58 Å². The SMILES string of the molecule is O=c1[nH]c2cc(NCc3ccc(F)c4cccnc34)ccc2o1. The quantitative estimate of drug-likeness (QED) is 0.608. The molecule has 0 aliphatic heterocycles. The van der Waals surface area contributed by atoms with Gasteiger partial charge in [0, 0.05) is 23.8 Å². The maximum Gasteiger partial charge on any atom is 0.417 e. The van der Waals surface area contributed by atoms with Crippen molar-refractivity contribution in [3.05, 3.63) is 70.6 Å². The zero-order valence-corrected chi connectivity index (χ0v) is 12.0. The Morgan fingerprint density at radius 2 is 2.13 bits per heavy atom. The van der Waals surface area contributed by atoms with Crippen LogP contribution in [0.5, 0.6) is 0 Å². The molecule has 0 aliphatic rings. The monoisotopic (exact) mass is 309 g/mol. The summed E-state index contributed by atoms with van der Waals surface area (Å²) in [5.41, 5.74) is 3.49. The molecule has 0 bridgehead atoms. The van der Waals surface area contributed by atoms with Crippen molar-refractivity contribution in [1.82, 2.24) is 9.97 Å². The Labute approximate surface area is 129 Å². The molecular formula is C17H12FN3O2. The second kappa shape index (κ2) is 5.24. The summed E-state index contributed by atoms with van der Waals surface area (Å²) < 4.78 is 18.8. The molecule has 6 heteroatoms. The summed E-state index contributed by atoms with van der Waals surface area (Å²) in [4.78, 5) is 18.0. The zero-order chi connectivity index (χ0) is 15.8. The van der Waals surface area contributed by atoms with E-state index in [1.54, 1.807) is 36.5 Å². The van der Waals surface area contributed by atoms with Crippen LogP contribution in [-0.2, 0) is 6.54 Å². The number of benzene rings is 2. The molecular weight excluding hydrogens is 297 g/mol. The molecule has 0 saturated carbocycles. The molecule has 114 valence electrons. The summed E-state index contributed by atoms with van der Waals surface area (Å²) in [5.74, 6) is -0.764. The molecule has 0 atom stereocenters. The molecule has 4 rings (SSSR count). The number of pyridine rings is 1. The van der Waals surface area contributed by atoms with E-state index in [4.69, 9.17) is 4.42 Å². The predicted octanol–water partition coefficient (Wildman–Crippen LogP) is 3.42. The maximum atomic E-state index is 13.8. The fourth-order valence-electron chi connectivity index (χ4n) is 2.60. The van der Waals surface area contributed by atoms with E-state index >= 15 is 0 Å². The number of hydrogen-bond acceptors (Lipinski definition) is 4. The molecule has 0 amide bonds. The summed E-state index contributed by atoms with van der Waals surface area (Å²) >= 11 is 0. The van der Waals surface area contributed by atoms with E-state index in [9.17, 15) is 9.18 Å². The van der Waals surface area contributed by atoms with Crippen LogP contribution in [0.1, 0.15) is 5.56 Å². The first-order chi connectivity index (χ1) is 11.2. The summed E-state index contributed by atoms with van der Waals surface area (Å²) in [6.07, 6.45) is 1.65. The van der Waals surface area contributed by atoms with Crippen molar-refractivity contribution < 1.29 is 8.81 Å². The third-order valence-electron chi connectivity index (χ3n) is 3.70. The average Bonchev–Trinajstić information content (AvgIpc) is 2.94. The van der Waals surface area contributed by atoms with Crippen LogP contribution in [0.2, 0.25) is 0 Å². The Morgan fingerprint density at radius 1 is 1.22 bits per heavy atom. The van der Waals surface area contributed by atoms with Crippen LogP contribution in [-0.4, -0.2) is 9.97 Å². The fraction of sp³-hybridized carbons (Fsp3) is 0.0588. The number of anilines is 1. The summed E-state index contributed by atoms with van der Waals surface area (Å²) in [6, 6.07) is 11.9. The number of halogens is 1. The normalized spacial score (nSPS) is 11.2. The first-order valence-corrected chi connectivity index (χ1v) is 7.09. The third-order valence-corrected chi connectivity index (χ3v) is 3.70. The highest BCUT2D eigenvalue weighted by Gasteiger charge is 2.07. The highest BCUT2D eigenvalue weighted by Crippen LogP contribution is 2.22. The Hall–Kier alpha value is -3.15. The number of aromatic amines is 1. The van der Waals surface area contributed by atoms with Gasteiger partial charge >= 0.3 is 5.76 Å². The van der Waals surface area contributed by atoms with Gasteiger partial charge in [-0.3, -0.25) is 9.97 Å². The van der Waals surface area contributed by atoms with Crippen LogP contribution in [0.4, 0.5) is 10.1 Å². The van der Waals surface area contributed by atoms with Crippen LogP contribution < -0.4 is 11.1 Å². The van der Waals surface area contributed by atoms with Crippen LogP contribution in [0, 0.1) is 5.82 Å². The van der Waals surface area contributed by atoms with Gasteiger partial charge in [-0.05, 0) is 42.0 Å². The molecule has 0 fully saturated rings. The first-order valence-electron chi connectivity index (χ1n) is 7.09. The lowest BCUT2D eigenvalue weighted by Crippen LogP contribution is -2.01. The number of oxazole rings is 1. The van der Waals surface area contributed by atoms with Crippen molar-refractivity contribution in [2.24, 2.45) is 0 Å². The highest BCUT2D eigenvalue weighted by atomic mass is 19.1. The molecule has 2 aromatic carbocycles. The Kier molecular flexibility index (Phi) is 3.08. The molecule has 0 aliphatic carbocycles. The number of nitrogens with zero attached hydrogens (tertiary/aromatic N) is 1. The van der Waals surface area contributed by atoms with Crippen LogP contribution in [0.15, 0.2) is 57.9 Å². The molecule has 2 heterocycles. The van der Waals surface area contributed by atoms with Crippen LogP contribution in [0.3, 0.4) is 0 Å². The molecule has 2 N–H and O–H groups in total. The van der Waals surface area contributed by atoms with Gasteiger partial charge in [0.25, 0.3) is 0 Å². The molecule has 4 aromatic rings. The van der Waals surface area contributed by atoms with Gasteiger partial charge in [-0.1, -0.05) is 6.07 Å². The van der Waals surface area contributed by atoms with Crippen molar-refractivity contribution >= 4 is 27.7 Å². The molecule has 0 radical (unpaired) electrons. The van der Waals surface area contributed by atoms with E-state index in [0.717, 1.165) is 11.3 Å². The molecule has 23 heavy (non-hydrogen) atoms. The number of aromatic nitrogens is 2. The molecule has 0 saturated heterocycles. The summed E-state index contributed by atoms with van der Waals surface area (Å²) in [6.45, 7) is 0.487. The van der Waals surface area contributed by atoms with E-state index in [1.165, 1.54) is 6.07 Å². The van der Waals surface area contributed by atoms with Crippen molar-refractivity contribution in [3.63, 3.8) is 0 Å². The van der Waals surface area contributed by atoms with Crippen molar-refractivity contribution in [2.75, 3.05) is 5.32 Å². The van der Waals surface area contributed by atoms with Gasteiger partial charge in [0.05, 0.1) is 11.0 Å². The number of nitrogens with one attached hydrogen (secondary N) is 2. The summed E-state index contributed by atoms with van der Waals surface area (Å²) in [7, 11) is 0. The minimum Gasteiger partial charge on any atom is -0.408 e. The third kappa shape index (κ3) is 2.44. The molecule has 5 nitrogen and oxygen atoms in total. The van der Waals surface area contributed by atoms with Crippen LogP contribution in [0.25, 0.3) is 22.0 Å². The van der Waals surface area contributed by atoms with Gasteiger partial charge < -0.3 is 9.73 Å². The highest BCUT2D eigenvalue weighted by molar-refractivity contribution is 5.82. The second-order valence-corrected chi connectivity index (χ2v) is 5.19. The lowest BCUT2D eigenvalue weighted by Gasteiger charge is -2.09. The van der Waals surface area contributed by atoms with Crippen molar-refractivity contribution in [2.45, 2.75) is 6.54 Å². The lowest BCUT2D eigenvalue weighted by atomic mass is 10.1. The van der Waals surface area contributed by atoms with E-state index in [-0.39, 0.29) is 5.82 Å². The van der Waals surface area contributed by atoms with E-state index in [2.05, 4.69) is 15.3 Å². The Morgan fingerprint density at radius 3 is 3.04 bits per heavy atom. The standard InChI is InChI=1S/C17H12FN3O2/c18-13-5-3-10(16-12(13)2-1-7-19-16)9-20-11-4-6-15-14(8-11)21-17(22)23-15/h1-8,20H,9H2,(H,21,22). The first kappa shape index (κ1) is 13.5. The second-order valence-electron chi connectivity index (χ2n) is 5.19. The maximum absolute atomic E-state index is 13.8. The molecule has 0 spiro atoms. The minimum atomic E-state index is -0.481. The Balaban J connectivity index is 1.65. The fourth-order valence-corrected chi connectivity index (χ4v) is 2.60. The number of H-pyrrole nitrogens is 1. The zero-order valence-electron chi connectivity index (χ0n) is 12.0. The van der Waals surface area contributed by atoms with Gasteiger partial charge in [0.1, 0.15) is 5.82 Å². The van der Waals surface area contributed by atoms with Gasteiger partial charge in [-0.15, -0.1) is 0 Å². The van der Waals surface area contributed by atoms with Gasteiger partial charge in [-0.2, -0.15) is 0 Å². The van der Waals surface area contributed by atoms with E-state index in [0.29, 0.717) is 28.5 Å². The number of rotatable bonds is 3. The van der Waals surface area contributed by atoms with Crippen molar-refractivity contribution in [3.8, 4) is 0 Å². The Bertz CT molecular complexity index is 1070. The van der Waals surface area contributed by atoms with Gasteiger partial charge in [0.2, 0.25) is 0 Å². The van der Waals surface area contributed by atoms with Gasteiger partial charge in [-0.25, -0.2) is 9.18 Å². The van der Waals surface area contributed by atoms with Crippen molar-refractivity contribution in [1.29, 1.82) is 0 Å². The summed E-state index contributed by atoms with van der Waals surface area (Å²) in [5, 5.41) is 3.75. The van der Waals surface area contributed by atoms with Crippen LogP contribution >= 0.6 is 0 Å².